The molecule has 1 amide bonds. The maximum absolute atomic E-state index is 12.4. The van der Waals surface area contributed by atoms with Crippen LogP contribution in [0.25, 0.3) is 0 Å². The lowest BCUT2D eigenvalue weighted by Gasteiger charge is -2.16. The lowest BCUT2D eigenvalue weighted by Crippen LogP contribution is -2.24. The van der Waals surface area contributed by atoms with E-state index in [0.29, 0.717) is 24.7 Å². The number of benzene rings is 1. The highest BCUT2D eigenvalue weighted by molar-refractivity contribution is 5.96. The molecule has 1 unspecified atom stereocenters. The molecule has 0 radical (unpaired) electrons. The quantitative estimate of drug-likeness (QED) is 0.862. The summed E-state index contributed by atoms with van der Waals surface area (Å²) in [5.41, 5.74) is 0.878. The Hall–Kier alpha value is -2.37. The third-order valence-electron chi connectivity index (χ3n) is 5.04. The fourth-order valence-electron chi connectivity index (χ4n) is 3.64. The van der Waals surface area contributed by atoms with Gasteiger partial charge in [-0.15, -0.1) is 0 Å². The van der Waals surface area contributed by atoms with E-state index in [0.717, 1.165) is 30.2 Å². The maximum Gasteiger partial charge on any atom is 0.229 e. The third-order valence-corrected chi connectivity index (χ3v) is 5.04. The zero-order valence-corrected chi connectivity index (χ0v) is 13.8. The number of anilines is 1. The van der Waals surface area contributed by atoms with Gasteiger partial charge < -0.3 is 14.2 Å². The van der Waals surface area contributed by atoms with Gasteiger partial charge in [-0.3, -0.25) is 4.79 Å². The standard InChI is InChI=1S/C18H21N3O3/c1-23-15-8-6-14(7-9-15)21-11-13(10-16(21)22)17-19-18(24-20-17)12-4-2-3-5-12/h6-9,12-13H,2-5,10-11H2,1H3. The summed E-state index contributed by atoms with van der Waals surface area (Å²) < 4.78 is 10.6. The highest BCUT2D eigenvalue weighted by Crippen LogP contribution is 2.35. The third kappa shape index (κ3) is 2.77. The molecule has 2 heterocycles. The van der Waals surface area contributed by atoms with E-state index in [1.165, 1.54) is 12.8 Å². The maximum atomic E-state index is 12.4. The van der Waals surface area contributed by atoms with Crippen LogP contribution in [0.15, 0.2) is 28.8 Å². The first kappa shape index (κ1) is 15.2. The number of carbonyl (C=O) groups excluding carboxylic acids is 1. The predicted octanol–water partition coefficient (Wildman–Crippen LogP) is 3.26. The summed E-state index contributed by atoms with van der Waals surface area (Å²) in [6.45, 7) is 0.592. The summed E-state index contributed by atoms with van der Waals surface area (Å²) in [5, 5.41) is 4.15. The SMILES string of the molecule is COc1ccc(N2CC(c3noc(C4CCCC4)n3)CC2=O)cc1. The summed E-state index contributed by atoms with van der Waals surface area (Å²) in [4.78, 5) is 18.8. The Balaban J connectivity index is 1.49. The van der Waals surface area contributed by atoms with Gasteiger partial charge in [-0.2, -0.15) is 4.98 Å². The van der Waals surface area contributed by atoms with Crippen molar-refractivity contribution in [1.29, 1.82) is 0 Å². The number of hydrogen-bond donors (Lipinski definition) is 0. The van der Waals surface area contributed by atoms with Crippen LogP contribution in [-0.2, 0) is 4.79 Å². The van der Waals surface area contributed by atoms with E-state index in [9.17, 15) is 4.79 Å². The van der Waals surface area contributed by atoms with Crippen LogP contribution in [0.4, 0.5) is 5.69 Å². The van der Waals surface area contributed by atoms with Gasteiger partial charge in [0, 0.05) is 30.5 Å². The van der Waals surface area contributed by atoms with Crippen molar-refractivity contribution in [3.8, 4) is 5.75 Å². The van der Waals surface area contributed by atoms with Crippen molar-refractivity contribution in [1.82, 2.24) is 10.1 Å². The van der Waals surface area contributed by atoms with E-state index in [2.05, 4.69) is 10.1 Å². The van der Waals surface area contributed by atoms with Gasteiger partial charge in [0.05, 0.1) is 7.11 Å². The van der Waals surface area contributed by atoms with Crippen LogP contribution in [-0.4, -0.2) is 29.7 Å². The van der Waals surface area contributed by atoms with E-state index in [4.69, 9.17) is 9.26 Å². The Morgan fingerprint density at radius 1 is 1.17 bits per heavy atom. The van der Waals surface area contributed by atoms with E-state index in [1.807, 2.05) is 24.3 Å². The minimum Gasteiger partial charge on any atom is -0.497 e. The van der Waals surface area contributed by atoms with Crippen molar-refractivity contribution in [2.75, 3.05) is 18.6 Å². The van der Waals surface area contributed by atoms with Crippen LogP contribution in [0.5, 0.6) is 5.75 Å². The average Bonchev–Trinajstić information content (AvgIpc) is 3.34. The summed E-state index contributed by atoms with van der Waals surface area (Å²) in [5.74, 6) is 2.69. The Morgan fingerprint density at radius 2 is 1.92 bits per heavy atom. The Bertz CT molecular complexity index is 719. The van der Waals surface area contributed by atoms with Gasteiger partial charge in [0.1, 0.15) is 5.75 Å². The molecule has 4 rings (SSSR count). The van der Waals surface area contributed by atoms with Crippen molar-refractivity contribution in [3.63, 3.8) is 0 Å². The van der Waals surface area contributed by atoms with Gasteiger partial charge in [-0.1, -0.05) is 18.0 Å². The molecule has 6 nitrogen and oxygen atoms in total. The first-order chi connectivity index (χ1) is 11.7. The van der Waals surface area contributed by atoms with Crippen molar-refractivity contribution in [2.24, 2.45) is 0 Å². The van der Waals surface area contributed by atoms with Crippen LogP contribution < -0.4 is 9.64 Å². The molecular formula is C18H21N3O3. The Labute approximate surface area is 140 Å². The molecule has 1 aromatic carbocycles. The molecule has 0 bridgehead atoms. The number of amides is 1. The van der Waals surface area contributed by atoms with Crippen LogP contribution >= 0.6 is 0 Å². The summed E-state index contributed by atoms with van der Waals surface area (Å²) in [6.07, 6.45) is 5.15. The summed E-state index contributed by atoms with van der Waals surface area (Å²) in [6, 6.07) is 7.53. The van der Waals surface area contributed by atoms with Crippen LogP contribution in [0, 0.1) is 0 Å². The first-order valence-electron chi connectivity index (χ1n) is 8.52. The number of aromatic nitrogens is 2. The summed E-state index contributed by atoms with van der Waals surface area (Å²) in [7, 11) is 1.63. The molecular weight excluding hydrogens is 306 g/mol. The van der Waals surface area contributed by atoms with Gasteiger partial charge in [0.15, 0.2) is 5.82 Å². The zero-order valence-electron chi connectivity index (χ0n) is 13.8. The number of ether oxygens (including phenoxy) is 1. The Kier molecular flexibility index (Phi) is 3.96. The first-order valence-corrected chi connectivity index (χ1v) is 8.52. The normalized spacial score (nSPS) is 21.6. The van der Waals surface area contributed by atoms with E-state index in [-0.39, 0.29) is 11.8 Å². The minimum atomic E-state index is -0.00138. The molecule has 1 atom stereocenters. The largest absolute Gasteiger partial charge is 0.497 e. The fourth-order valence-corrected chi connectivity index (χ4v) is 3.64. The zero-order chi connectivity index (χ0) is 16.5. The number of nitrogens with zero attached hydrogens (tertiary/aromatic N) is 3. The fraction of sp³-hybridized carbons (Fsp3) is 0.500. The van der Waals surface area contributed by atoms with Gasteiger partial charge in [-0.05, 0) is 37.1 Å². The van der Waals surface area contributed by atoms with Gasteiger partial charge in [0.2, 0.25) is 11.8 Å². The van der Waals surface area contributed by atoms with Crippen LogP contribution in [0.2, 0.25) is 0 Å². The predicted molar refractivity (Wildman–Crippen MR) is 88.2 cm³/mol. The van der Waals surface area contributed by atoms with Crippen molar-refractivity contribution < 1.29 is 14.1 Å². The van der Waals surface area contributed by atoms with Crippen LogP contribution in [0.1, 0.15) is 55.7 Å². The van der Waals surface area contributed by atoms with E-state index in [1.54, 1.807) is 12.0 Å². The molecule has 24 heavy (non-hydrogen) atoms. The average molecular weight is 327 g/mol. The molecule has 1 aromatic heterocycles. The van der Waals surface area contributed by atoms with E-state index >= 15 is 0 Å². The highest BCUT2D eigenvalue weighted by atomic mass is 16.5. The molecule has 2 fully saturated rings. The van der Waals surface area contributed by atoms with Gasteiger partial charge >= 0.3 is 0 Å². The number of hydrogen-bond acceptors (Lipinski definition) is 5. The number of carbonyl (C=O) groups is 1. The lowest BCUT2D eigenvalue weighted by atomic mass is 10.1. The van der Waals surface area contributed by atoms with Crippen molar-refractivity contribution in [2.45, 2.75) is 43.9 Å². The van der Waals surface area contributed by atoms with Gasteiger partial charge in [-0.25, -0.2) is 0 Å². The Morgan fingerprint density at radius 3 is 2.62 bits per heavy atom. The molecule has 0 N–H and O–H groups in total. The molecule has 1 aliphatic heterocycles. The second-order valence-corrected chi connectivity index (χ2v) is 6.58. The van der Waals surface area contributed by atoms with Crippen molar-refractivity contribution in [3.05, 3.63) is 36.0 Å². The van der Waals surface area contributed by atoms with Crippen LogP contribution in [0.3, 0.4) is 0 Å². The second kappa shape index (κ2) is 6.26. The minimum absolute atomic E-state index is 0.00138. The molecule has 126 valence electrons. The van der Waals surface area contributed by atoms with Crippen molar-refractivity contribution >= 4 is 11.6 Å². The molecule has 1 aliphatic carbocycles. The molecule has 0 spiro atoms. The molecule has 6 heteroatoms. The topological polar surface area (TPSA) is 68.5 Å². The van der Waals surface area contributed by atoms with E-state index < -0.39 is 0 Å². The second-order valence-electron chi connectivity index (χ2n) is 6.58. The molecule has 1 saturated carbocycles. The van der Waals surface area contributed by atoms with Gasteiger partial charge in [0.25, 0.3) is 0 Å². The molecule has 1 saturated heterocycles. The highest BCUT2D eigenvalue weighted by Gasteiger charge is 2.35. The number of rotatable bonds is 4. The summed E-state index contributed by atoms with van der Waals surface area (Å²) >= 11 is 0. The number of methoxy groups -OCH3 is 1. The lowest BCUT2D eigenvalue weighted by molar-refractivity contribution is -0.117. The smallest absolute Gasteiger partial charge is 0.229 e. The molecule has 2 aromatic rings. The molecule has 2 aliphatic rings. The monoisotopic (exact) mass is 327 g/mol.